The number of carbonyl (C=O) groups is 2. The predicted octanol–water partition coefficient (Wildman–Crippen LogP) is 2.15. The van der Waals surface area contributed by atoms with Crippen molar-refractivity contribution in [1.82, 2.24) is 14.4 Å². The van der Waals surface area contributed by atoms with E-state index in [1.165, 1.54) is 0 Å². The molecule has 9 heteroatoms. The quantitative estimate of drug-likeness (QED) is 0.667. The molecule has 148 valence electrons. The van der Waals surface area contributed by atoms with E-state index < -0.39 is 18.0 Å². The summed E-state index contributed by atoms with van der Waals surface area (Å²) < 4.78 is 2.39. The molecule has 1 aromatic carbocycles. The number of benzene rings is 1. The van der Waals surface area contributed by atoms with Gasteiger partial charge in [-0.15, -0.1) is 0 Å². The summed E-state index contributed by atoms with van der Waals surface area (Å²) >= 11 is 3.42. The third kappa shape index (κ3) is 4.35. The van der Waals surface area contributed by atoms with Gasteiger partial charge in [-0.2, -0.15) is 5.26 Å². The molecule has 1 saturated heterocycles. The first kappa shape index (κ1) is 20.3. The fraction of sp³-hybridized carbons (Fsp3) is 0.421. The van der Waals surface area contributed by atoms with E-state index in [2.05, 4.69) is 26.9 Å². The van der Waals surface area contributed by atoms with Crippen LogP contribution < -0.4 is 0 Å². The third-order valence-electron chi connectivity index (χ3n) is 5.02. The maximum Gasteiger partial charge on any atom is 0.325 e. The van der Waals surface area contributed by atoms with Crippen LogP contribution in [0.3, 0.4) is 0 Å². The number of rotatable bonds is 7. The first-order chi connectivity index (χ1) is 13.4. The number of nitrogens with zero attached hydrogens (tertiary/aromatic N) is 4. The molecule has 0 amide bonds. The fourth-order valence-electron chi connectivity index (χ4n) is 3.73. The Balaban J connectivity index is 1.93. The Bertz CT molecular complexity index is 928. The molecule has 8 nitrogen and oxygen atoms in total. The molecule has 0 bridgehead atoms. The number of fused-ring (bicyclic) bond motifs is 1. The summed E-state index contributed by atoms with van der Waals surface area (Å²) in [5.74, 6) is -1.94. The standard InChI is InChI=1S/C19H21BrN4O4/c20-13-2-3-16-14(10-13)15(11-24(16)12-17(25)26)18(19(27)28)23-8-6-22(7-9-23)5-1-4-21/h2-3,10-11,18H,1,5-9,12H2,(H,25,26)(H,27,28)/t18-/m0/s1. The van der Waals surface area contributed by atoms with Gasteiger partial charge < -0.3 is 14.8 Å². The Kier molecular flexibility index (Phi) is 6.34. The van der Waals surface area contributed by atoms with Gasteiger partial charge in [0.1, 0.15) is 12.6 Å². The molecule has 2 heterocycles. The molecule has 1 aromatic heterocycles. The van der Waals surface area contributed by atoms with Gasteiger partial charge in [-0.05, 0) is 18.2 Å². The molecule has 2 aromatic rings. The highest BCUT2D eigenvalue weighted by Gasteiger charge is 2.32. The third-order valence-corrected chi connectivity index (χ3v) is 5.51. The molecule has 0 unspecified atom stereocenters. The number of piperazine rings is 1. The minimum absolute atomic E-state index is 0.230. The first-order valence-electron chi connectivity index (χ1n) is 8.97. The second-order valence-electron chi connectivity index (χ2n) is 6.79. The van der Waals surface area contributed by atoms with Crippen molar-refractivity contribution in [1.29, 1.82) is 5.26 Å². The Morgan fingerprint density at radius 3 is 2.54 bits per heavy atom. The molecule has 1 atom stereocenters. The number of aliphatic carboxylic acids is 2. The normalized spacial score (nSPS) is 16.7. The summed E-state index contributed by atoms with van der Waals surface area (Å²) in [4.78, 5) is 27.5. The summed E-state index contributed by atoms with van der Waals surface area (Å²) in [6.45, 7) is 3.00. The van der Waals surface area contributed by atoms with Crippen molar-refractivity contribution in [3.05, 3.63) is 34.4 Å². The number of carboxylic acid groups (broad SMARTS) is 2. The van der Waals surface area contributed by atoms with Gasteiger partial charge in [-0.1, -0.05) is 15.9 Å². The highest BCUT2D eigenvalue weighted by Crippen LogP contribution is 2.33. The molecule has 0 spiro atoms. The summed E-state index contributed by atoms with van der Waals surface area (Å²) in [5.41, 5.74) is 1.29. The Morgan fingerprint density at radius 1 is 1.21 bits per heavy atom. The smallest absolute Gasteiger partial charge is 0.325 e. The SMILES string of the molecule is N#CCCN1CCN([C@H](C(=O)O)c2cn(CC(=O)O)c3ccc(Br)cc23)CC1. The van der Waals surface area contributed by atoms with Gasteiger partial charge in [-0.25, -0.2) is 0 Å². The molecular weight excluding hydrogens is 428 g/mol. The average Bonchev–Trinajstić information content (AvgIpc) is 2.97. The minimum atomic E-state index is -0.982. The number of hydrogen-bond acceptors (Lipinski definition) is 5. The molecule has 0 saturated carbocycles. The molecule has 28 heavy (non-hydrogen) atoms. The Labute approximate surface area is 170 Å². The van der Waals surface area contributed by atoms with Crippen molar-refractivity contribution < 1.29 is 19.8 Å². The van der Waals surface area contributed by atoms with E-state index in [-0.39, 0.29) is 6.54 Å². The molecular formula is C19H21BrN4O4. The molecule has 1 aliphatic heterocycles. The number of aromatic nitrogens is 1. The van der Waals surface area contributed by atoms with E-state index in [1.54, 1.807) is 16.8 Å². The van der Waals surface area contributed by atoms with Crippen molar-refractivity contribution in [2.45, 2.75) is 19.0 Å². The second kappa shape index (κ2) is 8.73. The van der Waals surface area contributed by atoms with Crippen LogP contribution in [-0.4, -0.2) is 69.2 Å². The van der Waals surface area contributed by atoms with E-state index >= 15 is 0 Å². The second-order valence-corrected chi connectivity index (χ2v) is 7.71. The summed E-state index contributed by atoms with van der Waals surface area (Å²) in [7, 11) is 0. The highest BCUT2D eigenvalue weighted by atomic mass is 79.9. The zero-order valence-corrected chi connectivity index (χ0v) is 16.8. The van der Waals surface area contributed by atoms with Crippen LogP contribution in [-0.2, 0) is 16.1 Å². The lowest BCUT2D eigenvalue weighted by molar-refractivity contribution is -0.144. The molecule has 1 aliphatic rings. The van der Waals surface area contributed by atoms with Gasteiger partial charge in [0.25, 0.3) is 0 Å². The fourth-order valence-corrected chi connectivity index (χ4v) is 4.09. The maximum atomic E-state index is 12.2. The number of nitriles is 1. The summed E-state index contributed by atoms with van der Waals surface area (Å²) in [6.07, 6.45) is 2.10. The van der Waals surface area contributed by atoms with Crippen LogP contribution in [0.25, 0.3) is 10.9 Å². The van der Waals surface area contributed by atoms with Gasteiger partial charge in [0.15, 0.2) is 0 Å². The molecule has 0 aliphatic carbocycles. The predicted molar refractivity (Wildman–Crippen MR) is 106 cm³/mol. The lowest BCUT2D eigenvalue weighted by Gasteiger charge is -2.37. The van der Waals surface area contributed by atoms with E-state index in [4.69, 9.17) is 5.26 Å². The summed E-state index contributed by atoms with van der Waals surface area (Å²) in [6, 6.07) is 6.72. The zero-order valence-electron chi connectivity index (χ0n) is 15.2. The zero-order chi connectivity index (χ0) is 20.3. The van der Waals surface area contributed by atoms with Crippen LogP contribution in [0.5, 0.6) is 0 Å². The number of hydrogen-bond donors (Lipinski definition) is 2. The molecule has 1 fully saturated rings. The highest BCUT2D eigenvalue weighted by molar-refractivity contribution is 9.10. The largest absolute Gasteiger partial charge is 0.480 e. The Morgan fingerprint density at radius 2 is 1.93 bits per heavy atom. The van der Waals surface area contributed by atoms with Crippen molar-refractivity contribution in [2.24, 2.45) is 0 Å². The van der Waals surface area contributed by atoms with Crippen molar-refractivity contribution in [3.63, 3.8) is 0 Å². The van der Waals surface area contributed by atoms with E-state index in [0.717, 1.165) is 9.86 Å². The van der Waals surface area contributed by atoms with Gasteiger partial charge in [-0.3, -0.25) is 19.4 Å². The Hall–Kier alpha value is -2.41. The van der Waals surface area contributed by atoms with E-state index in [0.29, 0.717) is 50.2 Å². The minimum Gasteiger partial charge on any atom is -0.480 e. The number of carboxylic acids is 2. The summed E-state index contributed by atoms with van der Waals surface area (Å²) in [5, 5.41) is 28.6. The van der Waals surface area contributed by atoms with Gasteiger partial charge in [0, 0.05) is 66.3 Å². The number of halogens is 1. The topological polar surface area (TPSA) is 110 Å². The van der Waals surface area contributed by atoms with Crippen LogP contribution in [0.4, 0.5) is 0 Å². The van der Waals surface area contributed by atoms with Crippen LogP contribution >= 0.6 is 15.9 Å². The lowest BCUT2D eigenvalue weighted by atomic mass is 10.0. The first-order valence-corrected chi connectivity index (χ1v) is 9.76. The van der Waals surface area contributed by atoms with Gasteiger partial charge >= 0.3 is 11.9 Å². The van der Waals surface area contributed by atoms with Gasteiger partial charge in [0.2, 0.25) is 0 Å². The van der Waals surface area contributed by atoms with Crippen molar-refractivity contribution in [2.75, 3.05) is 32.7 Å². The van der Waals surface area contributed by atoms with Crippen LogP contribution in [0.15, 0.2) is 28.9 Å². The molecule has 3 rings (SSSR count). The monoisotopic (exact) mass is 448 g/mol. The molecule has 2 N–H and O–H groups in total. The van der Waals surface area contributed by atoms with Crippen molar-refractivity contribution in [3.8, 4) is 6.07 Å². The lowest BCUT2D eigenvalue weighted by Crippen LogP contribution is -2.49. The maximum absolute atomic E-state index is 12.2. The van der Waals surface area contributed by atoms with Crippen LogP contribution in [0.2, 0.25) is 0 Å². The molecule has 0 radical (unpaired) electrons. The van der Waals surface area contributed by atoms with Crippen molar-refractivity contribution >= 4 is 38.8 Å². The van der Waals surface area contributed by atoms with E-state index in [1.807, 2.05) is 17.0 Å². The average molecular weight is 449 g/mol. The van der Waals surface area contributed by atoms with Crippen LogP contribution in [0.1, 0.15) is 18.0 Å². The van der Waals surface area contributed by atoms with Gasteiger partial charge in [0.05, 0.1) is 6.07 Å². The van der Waals surface area contributed by atoms with Crippen LogP contribution in [0, 0.1) is 11.3 Å². The van der Waals surface area contributed by atoms with E-state index in [9.17, 15) is 19.8 Å².